The number of anilines is 6. The van der Waals surface area contributed by atoms with Gasteiger partial charge in [0.05, 0.1) is 0 Å². The molecule has 0 N–H and O–H groups in total. The van der Waals surface area contributed by atoms with Gasteiger partial charge in [-0.25, -0.2) is 0 Å². The van der Waals surface area contributed by atoms with Crippen molar-refractivity contribution in [2.24, 2.45) is 0 Å². The van der Waals surface area contributed by atoms with E-state index in [9.17, 15) is 13.2 Å². The highest BCUT2D eigenvalue weighted by molar-refractivity contribution is 8.00. The Morgan fingerprint density at radius 3 is 1.42 bits per heavy atom. The van der Waals surface area contributed by atoms with Crippen molar-refractivity contribution in [1.29, 1.82) is 0 Å². The Bertz CT molecular complexity index is 2250. The van der Waals surface area contributed by atoms with Crippen LogP contribution in [0.15, 0.2) is 138 Å². The summed E-state index contributed by atoms with van der Waals surface area (Å²) in [6.07, 6.45) is 0. The summed E-state index contributed by atoms with van der Waals surface area (Å²) in [6.45, 7) is 3.96. The molecule has 9 rings (SSSR count). The maximum Gasteiger partial charge on any atom is 0.446 e. The first-order valence-corrected chi connectivity index (χ1v) is 16.8. The number of alkyl halides is 3. The molecule has 2 aliphatic rings. The van der Waals surface area contributed by atoms with Crippen LogP contribution in [0.1, 0.15) is 11.1 Å². The van der Waals surface area contributed by atoms with Crippen LogP contribution in [0.2, 0.25) is 0 Å². The second-order valence-corrected chi connectivity index (χ2v) is 13.8. The zero-order valence-electron chi connectivity index (χ0n) is 26.2. The van der Waals surface area contributed by atoms with Crippen molar-refractivity contribution in [1.82, 2.24) is 0 Å². The molecular formula is C41H28BF3N2S. The Kier molecular flexibility index (Phi) is 6.47. The number of aryl methyl sites for hydroxylation is 2. The van der Waals surface area contributed by atoms with E-state index in [0.717, 1.165) is 83.2 Å². The summed E-state index contributed by atoms with van der Waals surface area (Å²) in [6, 6.07) is 45.2. The second kappa shape index (κ2) is 10.7. The molecule has 48 heavy (non-hydrogen) atoms. The highest BCUT2D eigenvalue weighted by Crippen LogP contribution is 2.50. The van der Waals surface area contributed by atoms with Crippen LogP contribution >= 0.6 is 11.8 Å². The number of benzene rings is 7. The Hall–Kier alpha value is -5.14. The Labute approximate surface area is 281 Å². The van der Waals surface area contributed by atoms with Gasteiger partial charge in [0.2, 0.25) is 0 Å². The van der Waals surface area contributed by atoms with Gasteiger partial charge in [0.1, 0.15) is 0 Å². The van der Waals surface area contributed by atoms with Gasteiger partial charge in [-0.05, 0) is 101 Å². The van der Waals surface area contributed by atoms with Crippen molar-refractivity contribution in [3.8, 4) is 0 Å². The maximum absolute atomic E-state index is 14.3. The van der Waals surface area contributed by atoms with Gasteiger partial charge >= 0.3 is 5.51 Å². The van der Waals surface area contributed by atoms with Gasteiger partial charge in [0.15, 0.2) is 0 Å². The Balaban J connectivity index is 1.48. The minimum Gasteiger partial charge on any atom is -0.311 e. The van der Waals surface area contributed by atoms with Gasteiger partial charge in [-0.1, -0.05) is 96.1 Å². The van der Waals surface area contributed by atoms with Crippen molar-refractivity contribution in [3.63, 3.8) is 0 Å². The molecule has 0 aromatic heterocycles. The van der Waals surface area contributed by atoms with E-state index in [-0.39, 0.29) is 23.4 Å². The van der Waals surface area contributed by atoms with Crippen LogP contribution in [0.5, 0.6) is 0 Å². The van der Waals surface area contributed by atoms with E-state index in [1.807, 2.05) is 60.7 Å². The molecule has 0 atom stereocenters. The van der Waals surface area contributed by atoms with E-state index >= 15 is 0 Å². The van der Waals surface area contributed by atoms with E-state index in [1.165, 1.54) is 0 Å². The predicted molar refractivity (Wildman–Crippen MR) is 197 cm³/mol. The Morgan fingerprint density at radius 2 is 0.979 bits per heavy atom. The van der Waals surface area contributed by atoms with Crippen molar-refractivity contribution in [3.05, 3.63) is 145 Å². The first-order valence-electron chi connectivity index (χ1n) is 16.0. The van der Waals surface area contributed by atoms with Gasteiger partial charge in [-0.15, -0.1) is 0 Å². The molecule has 7 heteroatoms. The molecule has 232 valence electrons. The summed E-state index contributed by atoms with van der Waals surface area (Å²) in [5.41, 5.74) is 6.35. The summed E-state index contributed by atoms with van der Waals surface area (Å²) in [5.74, 6) is 0. The average molecular weight is 649 g/mol. The van der Waals surface area contributed by atoms with E-state index in [1.54, 1.807) is 12.1 Å². The smallest absolute Gasteiger partial charge is 0.311 e. The first kappa shape index (κ1) is 29.0. The van der Waals surface area contributed by atoms with Crippen molar-refractivity contribution < 1.29 is 13.2 Å². The lowest BCUT2D eigenvalue weighted by Crippen LogP contribution is -2.61. The molecule has 0 radical (unpaired) electrons. The summed E-state index contributed by atoms with van der Waals surface area (Å²) >= 11 is -0.0557. The zero-order valence-corrected chi connectivity index (χ0v) is 27.0. The molecule has 0 unspecified atom stereocenters. The van der Waals surface area contributed by atoms with E-state index in [4.69, 9.17) is 0 Å². The Morgan fingerprint density at radius 1 is 0.542 bits per heavy atom. The van der Waals surface area contributed by atoms with Crippen LogP contribution < -0.4 is 26.2 Å². The summed E-state index contributed by atoms with van der Waals surface area (Å²) < 4.78 is 42.8. The second-order valence-electron chi connectivity index (χ2n) is 12.7. The monoisotopic (exact) mass is 648 g/mol. The number of fused-ring (bicyclic) bond motifs is 8. The van der Waals surface area contributed by atoms with Crippen molar-refractivity contribution in [2.75, 3.05) is 9.80 Å². The van der Waals surface area contributed by atoms with Crippen LogP contribution in [0.25, 0.3) is 21.5 Å². The van der Waals surface area contributed by atoms with Crippen LogP contribution in [0.4, 0.5) is 47.3 Å². The first-order chi connectivity index (χ1) is 23.2. The predicted octanol–water partition coefficient (Wildman–Crippen LogP) is 10.3. The molecule has 0 aliphatic carbocycles. The molecule has 0 bridgehead atoms. The fourth-order valence-electron chi connectivity index (χ4n) is 7.70. The van der Waals surface area contributed by atoms with Gasteiger partial charge in [-0.3, -0.25) is 0 Å². The summed E-state index contributed by atoms with van der Waals surface area (Å²) in [5, 5.41) is 4.31. The minimum absolute atomic E-state index is 0.0557. The van der Waals surface area contributed by atoms with Crippen LogP contribution in [-0.4, -0.2) is 12.2 Å². The highest BCUT2D eigenvalue weighted by atomic mass is 32.2. The molecule has 0 amide bonds. The summed E-state index contributed by atoms with van der Waals surface area (Å²) in [4.78, 5) is 4.52. The molecule has 7 aromatic rings. The number of thioether (sulfide) groups is 1. The van der Waals surface area contributed by atoms with Gasteiger partial charge in [-0.2, -0.15) is 13.2 Å². The fourth-order valence-corrected chi connectivity index (χ4v) is 8.31. The molecule has 2 nitrogen and oxygen atoms in total. The SMILES string of the molecule is Cc1ccc2ccc3c(c2c1)N(c1ccccc1)c1cc(SC(F)(F)F)cc2c1B3c1ccc3ccc(C)cc3c1N2c1ccccc1. The van der Waals surface area contributed by atoms with Gasteiger partial charge < -0.3 is 9.80 Å². The number of rotatable bonds is 3. The lowest BCUT2D eigenvalue weighted by molar-refractivity contribution is -0.0328. The topological polar surface area (TPSA) is 6.48 Å². The lowest BCUT2D eigenvalue weighted by Gasteiger charge is -2.45. The number of hydrogen-bond donors (Lipinski definition) is 0. The largest absolute Gasteiger partial charge is 0.446 e. The van der Waals surface area contributed by atoms with Crippen LogP contribution in [-0.2, 0) is 0 Å². The third-order valence-corrected chi connectivity index (χ3v) is 10.3. The third-order valence-electron chi connectivity index (χ3n) is 9.57. The summed E-state index contributed by atoms with van der Waals surface area (Å²) in [7, 11) is 0. The molecule has 0 saturated carbocycles. The molecule has 2 heterocycles. The molecule has 2 aliphatic heterocycles. The van der Waals surface area contributed by atoms with E-state index < -0.39 is 5.51 Å². The maximum atomic E-state index is 14.3. The van der Waals surface area contributed by atoms with Crippen molar-refractivity contribution >= 4 is 90.5 Å². The molecule has 0 fully saturated rings. The normalized spacial score (nSPS) is 13.5. The zero-order chi connectivity index (χ0) is 32.7. The molecule has 0 spiro atoms. The van der Waals surface area contributed by atoms with E-state index in [2.05, 4.69) is 84.3 Å². The van der Waals surface area contributed by atoms with Gasteiger partial charge in [0.25, 0.3) is 6.71 Å². The van der Waals surface area contributed by atoms with E-state index in [0.29, 0.717) is 0 Å². The lowest BCUT2D eigenvalue weighted by atomic mass is 9.33. The van der Waals surface area contributed by atoms with Crippen LogP contribution in [0, 0.1) is 13.8 Å². The van der Waals surface area contributed by atoms with Crippen molar-refractivity contribution in [2.45, 2.75) is 24.3 Å². The number of nitrogens with zero attached hydrogens (tertiary/aromatic N) is 2. The quantitative estimate of drug-likeness (QED) is 0.139. The number of para-hydroxylation sites is 2. The number of hydrogen-bond acceptors (Lipinski definition) is 3. The van der Waals surface area contributed by atoms with Crippen LogP contribution in [0.3, 0.4) is 0 Å². The average Bonchev–Trinajstić information content (AvgIpc) is 3.08. The number of halogens is 3. The molecule has 7 aromatic carbocycles. The standard InChI is InChI=1S/C41H28BF3N2S/c1-25-13-15-27-17-19-34-39(32(27)21-25)46(29-9-5-3-6-10-29)36-23-31(48-41(43,44)45)24-37-38(36)42(34)35-20-18-28-16-14-26(2)22-33(28)40(35)47(37)30-11-7-4-8-12-30/h3-24H,1-2H3. The highest BCUT2D eigenvalue weighted by Gasteiger charge is 2.45. The molecule has 0 saturated heterocycles. The van der Waals surface area contributed by atoms with Gasteiger partial charge in [0, 0.05) is 49.8 Å². The molecular weight excluding hydrogens is 620 g/mol. The third kappa shape index (κ3) is 4.52. The fraction of sp³-hybridized carbons (Fsp3) is 0.0732. The minimum atomic E-state index is -4.46.